The molecule has 2 heterocycles. The Labute approximate surface area is 190 Å². The molecule has 1 unspecified atom stereocenters. The van der Waals surface area contributed by atoms with Crippen molar-refractivity contribution in [2.24, 2.45) is 0 Å². The molecule has 0 bridgehead atoms. The first-order chi connectivity index (χ1) is 15.6. The third-order valence-corrected chi connectivity index (χ3v) is 6.16. The van der Waals surface area contributed by atoms with Crippen LogP contribution in [-0.4, -0.2) is 64.9 Å². The normalized spacial score (nSPS) is 16.1. The second-order valence-corrected chi connectivity index (χ2v) is 8.67. The summed E-state index contributed by atoms with van der Waals surface area (Å²) in [5.74, 6) is 0.404. The highest BCUT2D eigenvalue weighted by molar-refractivity contribution is 5.82. The Morgan fingerprint density at radius 1 is 1.06 bits per heavy atom. The summed E-state index contributed by atoms with van der Waals surface area (Å²) in [6.45, 7) is 10.8. The lowest BCUT2D eigenvalue weighted by Crippen LogP contribution is -2.48. The van der Waals surface area contributed by atoms with Crippen molar-refractivity contribution in [2.75, 3.05) is 39.3 Å². The van der Waals surface area contributed by atoms with E-state index in [1.165, 1.54) is 11.1 Å². The third-order valence-electron chi connectivity index (χ3n) is 6.16. The van der Waals surface area contributed by atoms with Crippen molar-refractivity contribution in [3.05, 3.63) is 77.7 Å². The van der Waals surface area contributed by atoms with E-state index >= 15 is 0 Å². The number of aryl methyl sites for hydroxylation is 1. The quantitative estimate of drug-likeness (QED) is 0.574. The molecular formula is C26H33N5O. The number of nitrogens with one attached hydrogen (secondary N) is 2. The molecule has 2 aromatic carbocycles. The van der Waals surface area contributed by atoms with Gasteiger partial charge in [-0.25, -0.2) is 4.98 Å². The summed E-state index contributed by atoms with van der Waals surface area (Å²) in [6, 6.07) is 18.8. The average molecular weight is 432 g/mol. The molecule has 1 atom stereocenters. The van der Waals surface area contributed by atoms with E-state index in [2.05, 4.69) is 56.3 Å². The van der Waals surface area contributed by atoms with Crippen molar-refractivity contribution in [1.82, 2.24) is 25.1 Å². The summed E-state index contributed by atoms with van der Waals surface area (Å²) in [5.41, 5.74) is 4.70. The number of aromatic nitrogens is 2. The maximum absolute atomic E-state index is 12.6. The summed E-state index contributed by atoms with van der Waals surface area (Å²) in [6.07, 6.45) is 1.80. The van der Waals surface area contributed by atoms with Crippen LogP contribution in [0.25, 0.3) is 11.3 Å². The molecule has 168 valence electrons. The van der Waals surface area contributed by atoms with Crippen LogP contribution in [0.3, 0.4) is 0 Å². The maximum atomic E-state index is 12.6. The number of carbonyl (C=O) groups is 1. The molecule has 1 saturated heterocycles. The number of piperazine rings is 1. The Morgan fingerprint density at radius 2 is 1.81 bits per heavy atom. The molecule has 1 aliphatic heterocycles. The molecule has 0 aliphatic carbocycles. The zero-order valence-electron chi connectivity index (χ0n) is 19.1. The summed E-state index contributed by atoms with van der Waals surface area (Å²) in [4.78, 5) is 25.3. The van der Waals surface area contributed by atoms with Gasteiger partial charge in [-0.05, 0) is 25.0 Å². The zero-order chi connectivity index (χ0) is 22.3. The van der Waals surface area contributed by atoms with E-state index in [1.54, 1.807) is 6.20 Å². The molecule has 1 fully saturated rings. The Morgan fingerprint density at radius 3 is 2.56 bits per heavy atom. The van der Waals surface area contributed by atoms with Gasteiger partial charge in [-0.15, -0.1) is 0 Å². The number of carbonyl (C=O) groups excluding carboxylic acids is 1. The summed E-state index contributed by atoms with van der Waals surface area (Å²) in [7, 11) is 0. The smallest absolute Gasteiger partial charge is 0.230 e. The third kappa shape index (κ3) is 5.84. The highest BCUT2D eigenvalue weighted by Gasteiger charge is 2.20. The van der Waals surface area contributed by atoms with Crippen molar-refractivity contribution in [2.45, 2.75) is 26.3 Å². The van der Waals surface area contributed by atoms with Crippen LogP contribution in [0.1, 0.15) is 29.8 Å². The van der Waals surface area contributed by atoms with Gasteiger partial charge < -0.3 is 10.3 Å². The number of amides is 1. The number of nitrogens with zero attached hydrogens (tertiary/aromatic N) is 3. The molecular weight excluding hydrogens is 398 g/mol. The highest BCUT2D eigenvalue weighted by atomic mass is 16.1. The number of H-pyrrole nitrogens is 1. The van der Waals surface area contributed by atoms with E-state index in [1.807, 2.05) is 37.3 Å². The van der Waals surface area contributed by atoms with Gasteiger partial charge >= 0.3 is 0 Å². The van der Waals surface area contributed by atoms with E-state index in [4.69, 9.17) is 0 Å². The highest BCUT2D eigenvalue weighted by Crippen LogP contribution is 2.20. The van der Waals surface area contributed by atoms with Crippen LogP contribution >= 0.6 is 0 Å². The fraction of sp³-hybridized carbons (Fsp3) is 0.385. The number of benzene rings is 2. The summed E-state index contributed by atoms with van der Waals surface area (Å²) >= 11 is 0. The van der Waals surface area contributed by atoms with Gasteiger partial charge in [-0.3, -0.25) is 14.6 Å². The molecule has 0 saturated carbocycles. The Bertz CT molecular complexity index is 1010. The van der Waals surface area contributed by atoms with Gasteiger partial charge in [0.2, 0.25) is 5.91 Å². The number of imidazole rings is 1. The van der Waals surface area contributed by atoms with Crippen molar-refractivity contribution in [1.29, 1.82) is 0 Å². The van der Waals surface area contributed by atoms with Crippen molar-refractivity contribution < 1.29 is 4.79 Å². The lowest BCUT2D eigenvalue weighted by Gasteiger charge is -2.34. The fourth-order valence-corrected chi connectivity index (χ4v) is 4.18. The Balaban J connectivity index is 1.18. The molecule has 3 aromatic rings. The minimum atomic E-state index is -0.307. The zero-order valence-corrected chi connectivity index (χ0v) is 19.1. The predicted octanol–water partition coefficient (Wildman–Crippen LogP) is 3.42. The van der Waals surface area contributed by atoms with E-state index in [-0.39, 0.29) is 11.8 Å². The molecule has 4 rings (SSSR count). The van der Waals surface area contributed by atoms with E-state index < -0.39 is 0 Å². The first-order valence-corrected chi connectivity index (χ1v) is 11.5. The standard InChI is InChI=1S/C26H33N5O/c1-20-7-6-8-22(17-20)19-31-15-13-30(14-16-31)12-11-27-26(32)21(2)25-28-18-24(29-25)23-9-4-3-5-10-23/h3-10,17-18,21H,11-16,19H2,1-2H3,(H,27,32)(H,28,29). The van der Waals surface area contributed by atoms with Crippen molar-refractivity contribution in [3.8, 4) is 11.3 Å². The average Bonchev–Trinajstić information content (AvgIpc) is 3.31. The van der Waals surface area contributed by atoms with Crippen LogP contribution in [0, 0.1) is 6.92 Å². The molecule has 0 radical (unpaired) electrons. The molecule has 0 spiro atoms. The SMILES string of the molecule is Cc1cccc(CN2CCN(CCNC(=O)C(C)c3ncc(-c4ccccc4)[nH]3)CC2)c1. The second kappa shape index (κ2) is 10.6. The first-order valence-electron chi connectivity index (χ1n) is 11.5. The Hall–Kier alpha value is -2.96. The minimum absolute atomic E-state index is 0.0112. The molecule has 6 nitrogen and oxygen atoms in total. The van der Waals surface area contributed by atoms with Crippen LogP contribution in [0.2, 0.25) is 0 Å². The number of hydrogen-bond donors (Lipinski definition) is 2. The molecule has 6 heteroatoms. The first kappa shape index (κ1) is 22.2. The molecule has 1 amide bonds. The fourth-order valence-electron chi connectivity index (χ4n) is 4.18. The lowest BCUT2D eigenvalue weighted by molar-refractivity contribution is -0.122. The van der Waals surface area contributed by atoms with Gasteiger partial charge in [-0.1, -0.05) is 60.2 Å². The largest absolute Gasteiger partial charge is 0.354 e. The summed E-state index contributed by atoms with van der Waals surface area (Å²) < 4.78 is 0. The van der Waals surface area contributed by atoms with E-state index in [0.717, 1.165) is 50.5 Å². The minimum Gasteiger partial charge on any atom is -0.354 e. The summed E-state index contributed by atoms with van der Waals surface area (Å²) in [5, 5.41) is 3.08. The van der Waals surface area contributed by atoms with Gasteiger partial charge in [-0.2, -0.15) is 0 Å². The van der Waals surface area contributed by atoms with E-state index in [0.29, 0.717) is 12.4 Å². The topological polar surface area (TPSA) is 64.3 Å². The van der Waals surface area contributed by atoms with Crippen LogP contribution in [0.15, 0.2) is 60.8 Å². The van der Waals surface area contributed by atoms with Crippen LogP contribution < -0.4 is 5.32 Å². The van der Waals surface area contributed by atoms with Crippen LogP contribution in [0.5, 0.6) is 0 Å². The number of hydrogen-bond acceptors (Lipinski definition) is 4. The monoisotopic (exact) mass is 431 g/mol. The van der Waals surface area contributed by atoms with Crippen LogP contribution in [-0.2, 0) is 11.3 Å². The Kier molecular flexibility index (Phi) is 7.35. The van der Waals surface area contributed by atoms with Crippen LogP contribution in [0.4, 0.5) is 0 Å². The van der Waals surface area contributed by atoms with Gasteiger partial charge in [0.1, 0.15) is 5.82 Å². The molecule has 32 heavy (non-hydrogen) atoms. The van der Waals surface area contributed by atoms with Gasteiger partial charge in [0.15, 0.2) is 0 Å². The molecule has 2 N–H and O–H groups in total. The number of rotatable bonds is 8. The van der Waals surface area contributed by atoms with E-state index in [9.17, 15) is 4.79 Å². The predicted molar refractivity (Wildman–Crippen MR) is 128 cm³/mol. The lowest BCUT2D eigenvalue weighted by atomic mass is 10.1. The molecule has 1 aliphatic rings. The van der Waals surface area contributed by atoms with Crippen molar-refractivity contribution in [3.63, 3.8) is 0 Å². The van der Waals surface area contributed by atoms with Gasteiger partial charge in [0, 0.05) is 45.8 Å². The van der Waals surface area contributed by atoms with Crippen molar-refractivity contribution >= 4 is 5.91 Å². The van der Waals surface area contributed by atoms with Gasteiger partial charge in [0.25, 0.3) is 0 Å². The second-order valence-electron chi connectivity index (χ2n) is 8.67. The van der Waals surface area contributed by atoms with Gasteiger partial charge in [0.05, 0.1) is 17.8 Å². The number of aromatic amines is 1. The molecule has 1 aromatic heterocycles. The maximum Gasteiger partial charge on any atom is 0.230 e.